The van der Waals surface area contributed by atoms with Gasteiger partial charge in [-0.25, -0.2) is 0 Å². The zero-order valence-corrected chi connectivity index (χ0v) is 11.1. The number of fused-ring (bicyclic) bond motifs is 1. The van der Waals surface area contributed by atoms with Crippen LogP contribution in [0.25, 0.3) is 0 Å². The van der Waals surface area contributed by atoms with E-state index < -0.39 is 0 Å². The van der Waals surface area contributed by atoms with E-state index in [9.17, 15) is 5.11 Å². The second-order valence-electron chi connectivity index (χ2n) is 7.83. The van der Waals surface area contributed by atoms with Crippen molar-refractivity contribution in [2.24, 2.45) is 22.2 Å². The van der Waals surface area contributed by atoms with Crippen molar-refractivity contribution in [1.29, 1.82) is 0 Å². The fourth-order valence-electron chi connectivity index (χ4n) is 5.47. The summed E-state index contributed by atoms with van der Waals surface area (Å²) in [5.74, 6) is 0.931. The van der Waals surface area contributed by atoms with Crippen molar-refractivity contribution in [3.05, 3.63) is 0 Å². The quantitative estimate of drug-likeness (QED) is 0.662. The van der Waals surface area contributed by atoms with Crippen LogP contribution in [0.3, 0.4) is 0 Å². The van der Waals surface area contributed by atoms with Crippen LogP contribution in [-0.2, 0) is 0 Å². The predicted octanol–water partition coefficient (Wildman–Crippen LogP) is 3.75. The minimum Gasteiger partial charge on any atom is -0.393 e. The zero-order valence-electron chi connectivity index (χ0n) is 11.1. The fraction of sp³-hybridized carbons (Fsp3) is 1.00. The Kier molecular flexibility index (Phi) is 2.11. The highest BCUT2D eigenvalue weighted by atomic mass is 16.3. The second kappa shape index (κ2) is 3.04. The van der Waals surface area contributed by atoms with Crippen LogP contribution in [0.4, 0.5) is 0 Å². The van der Waals surface area contributed by atoms with E-state index >= 15 is 0 Å². The molecule has 0 heterocycles. The lowest BCUT2D eigenvalue weighted by Gasteiger charge is -2.56. The van der Waals surface area contributed by atoms with Crippen molar-refractivity contribution in [2.45, 2.75) is 71.8 Å². The van der Waals surface area contributed by atoms with Gasteiger partial charge in [0.25, 0.3) is 0 Å². The largest absolute Gasteiger partial charge is 0.393 e. The first kappa shape index (κ1) is 11.1. The maximum Gasteiger partial charge on any atom is 0.0594 e. The first-order valence-electron chi connectivity index (χ1n) is 7.06. The van der Waals surface area contributed by atoms with Gasteiger partial charge >= 0.3 is 0 Å². The standard InChI is InChI=1S/C15H26O/c1-13(2)8-9-15-7-5-12(16)14(3,10-15)6-4-11(13)15/h11-12,16H,4-10H2,1-3H3/t11?,12-,14-,15+/m1/s1. The molecule has 1 unspecified atom stereocenters. The molecule has 0 aromatic carbocycles. The maximum absolute atomic E-state index is 10.2. The molecule has 1 spiro atoms. The van der Waals surface area contributed by atoms with Crippen molar-refractivity contribution in [3.63, 3.8) is 0 Å². The Balaban J connectivity index is 1.95. The molecule has 0 aliphatic heterocycles. The molecule has 3 rings (SSSR count). The molecule has 0 saturated heterocycles. The van der Waals surface area contributed by atoms with E-state index in [2.05, 4.69) is 20.8 Å². The minimum atomic E-state index is -0.0252. The Hall–Kier alpha value is -0.0400. The summed E-state index contributed by atoms with van der Waals surface area (Å²) < 4.78 is 0. The molecule has 1 nitrogen and oxygen atoms in total. The van der Waals surface area contributed by atoms with Crippen LogP contribution in [0.1, 0.15) is 65.7 Å². The molecule has 0 aromatic rings. The molecule has 3 aliphatic carbocycles. The number of aliphatic hydroxyl groups excluding tert-OH is 1. The lowest BCUT2D eigenvalue weighted by Crippen LogP contribution is -2.51. The maximum atomic E-state index is 10.2. The molecular weight excluding hydrogens is 196 g/mol. The number of hydrogen-bond donors (Lipinski definition) is 1. The summed E-state index contributed by atoms with van der Waals surface area (Å²) in [6.45, 7) is 7.28. The van der Waals surface area contributed by atoms with Gasteiger partial charge < -0.3 is 5.11 Å². The summed E-state index contributed by atoms with van der Waals surface area (Å²) in [4.78, 5) is 0. The Morgan fingerprint density at radius 2 is 1.69 bits per heavy atom. The SMILES string of the molecule is CC1(C)CC[C@]23CC[C@@H](O)[C@](C)(CCC12)C3. The van der Waals surface area contributed by atoms with Crippen LogP contribution in [0, 0.1) is 22.2 Å². The summed E-state index contributed by atoms with van der Waals surface area (Å²) in [6.07, 6.45) is 9.07. The average molecular weight is 222 g/mol. The molecule has 0 amide bonds. The first-order chi connectivity index (χ1) is 7.38. The molecule has 92 valence electrons. The molecule has 16 heavy (non-hydrogen) atoms. The van der Waals surface area contributed by atoms with E-state index in [-0.39, 0.29) is 11.5 Å². The van der Waals surface area contributed by atoms with Crippen LogP contribution < -0.4 is 0 Å². The summed E-state index contributed by atoms with van der Waals surface area (Å²) in [7, 11) is 0. The van der Waals surface area contributed by atoms with Gasteiger partial charge in [-0.05, 0) is 67.1 Å². The lowest BCUT2D eigenvalue weighted by atomic mass is 9.49. The monoisotopic (exact) mass is 222 g/mol. The highest BCUT2D eigenvalue weighted by Gasteiger charge is 2.60. The molecule has 0 radical (unpaired) electrons. The average Bonchev–Trinajstić information content (AvgIpc) is 2.46. The van der Waals surface area contributed by atoms with Gasteiger partial charge in [0.05, 0.1) is 6.10 Å². The zero-order chi connectivity index (χ0) is 11.6. The third-order valence-electron chi connectivity index (χ3n) is 6.43. The van der Waals surface area contributed by atoms with Gasteiger partial charge in [-0.15, -0.1) is 0 Å². The number of aliphatic hydroxyl groups is 1. The second-order valence-corrected chi connectivity index (χ2v) is 7.83. The molecule has 3 fully saturated rings. The van der Waals surface area contributed by atoms with Gasteiger partial charge in [0.15, 0.2) is 0 Å². The van der Waals surface area contributed by atoms with Crippen LogP contribution in [0.5, 0.6) is 0 Å². The van der Waals surface area contributed by atoms with Crippen molar-refractivity contribution >= 4 is 0 Å². The van der Waals surface area contributed by atoms with Gasteiger partial charge in [-0.1, -0.05) is 20.8 Å². The predicted molar refractivity (Wildman–Crippen MR) is 66.1 cm³/mol. The fourth-order valence-corrected chi connectivity index (χ4v) is 5.47. The van der Waals surface area contributed by atoms with Crippen LogP contribution in [-0.4, -0.2) is 11.2 Å². The van der Waals surface area contributed by atoms with E-state index in [1.807, 2.05) is 0 Å². The van der Waals surface area contributed by atoms with E-state index in [0.717, 1.165) is 12.3 Å². The van der Waals surface area contributed by atoms with Crippen molar-refractivity contribution in [2.75, 3.05) is 0 Å². The third kappa shape index (κ3) is 1.27. The molecule has 3 aliphatic rings. The van der Waals surface area contributed by atoms with Crippen LogP contribution in [0.2, 0.25) is 0 Å². The smallest absolute Gasteiger partial charge is 0.0594 e. The molecule has 2 bridgehead atoms. The lowest BCUT2D eigenvalue weighted by molar-refractivity contribution is -0.116. The van der Waals surface area contributed by atoms with Crippen molar-refractivity contribution in [1.82, 2.24) is 0 Å². The topological polar surface area (TPSA) is 20.2 Å². The van der Waals surface area contributed by atoms with E-state index in [0.29, 0.717) is 10.8 Å². The molecule has 3 saturated carbocycles. The van der Waals surface area contributed by atoms with Crippen LogP contribution >= 0.6 is 0 Å². The highest BCUT2D eigenvalue weighted by Crippen LogP contribution is 2.68. The highest BCUT2D eigenvalue weighted by molar-refractivity contribution is 5.10. The molecule has 1 heteroatoms. The van der Waals surface area contributed by atoms with Crippen molar-refractivity contribution < 1.29 is 5.11 Å². The minimum absolute atomic E-state index is 0.0252. The van der Waals surface area contributed by atoms with Gasteiger partial charge in [-0.3, -0.25) is 0 Å². The van der Waals surface area contributed by atoms with Gasteiger partial charge in [0.2, 0.25) is 0 Å². The Morgan fingerprint density at radius 1 is 0.938 bits per heavy atom. The van der Waals surface area contributed by atoms with E-state index in [4.69, 9.17) is 0 Å². The summed E-state index contributed by atoms with van der Waals surface area (Å²) in [6, 6.07) is 0. The molecule has 1 N–H and O–H groups in total. The Labute approximate surface area is 99.6 Å². The number of rotatable bonds is 0. The summed E-state index contributed by atoms with van der Waals surface area (Å²) in [5, 5.41) is 10.2. The van der Waals surface area contributed by atoms with E-state index in [1.54, 1.807) is 0 Å². The molecular formula is C15H26O. The van der Waals surface area contributed by atoms with E-state index in [1.165, 1.54) is 38.5 Å². The summed E-state index contributed by atoms with van der Waals surface area (Å²) in [5.41, 5.74) is 1.41. The van der Waals surface area contributed by atoms with Gasteiger partial charge in [-0.2, -0.15) is 0 Å². The van der Waals surface area contributed by atoms with Crippen LogP contribution in [0.15, 0.2) is 0 Å². The Morgan fingerprint density at radius 3 is 2.44 bits per heavy atom. The normalized spacial score (nSPS) is 54.8. The molecule has 0 aromatic heterocycles. The number of hydrogen-bond acceptors (Lipinski definition) is 1. The van der Waals surface area contributed by atoms with Gasteiger partial charge in [0.1, 0.15) is 0 Å². The first-order valence-corrected chi connectivity index (χ1v) is 7.06. The third-order valence-corrected chi connectivity index (χ3v) is 6.43. The summed E-state index contributed by atoms with van der Waals surface area (Å²) >= 11 is 0. The Bertz CT molecular complexity index is 309. The molecule has 4 atom stereocenters. The van der Waals surface area contributed by atoms with Crippen molar-refractivity contribution in [3.8, 4) is 0 Å². The van der Waals surface area contributed by atoms with Gasteiger partial charge in [0, 0.05) is 0 Å².